The lowest BCUT2D eigenvalue weighted by atomic mass is 9.97. The Morgan fingerprint density at radius 3 is 2.50 bits per heavy atom. The van der Waals surface area contributed by atoms with Gasteiger partial charge in [-0.2, -0.15) is 0 Å². The maximum Gasteiger partial charge on any atom is 0.161 e. The Hall–Kier alpha value is -1.22. The fraction of sp³-hybridized carbons (Fsp3) is 0.647. The van der Waals surface area contributed by atoms with Crippen LogP contribution >= 0.6 is 0 Å². The highest BCUT2D eigenvalue weighted by atomic mass is 16.5. The summed E-state index contributed by atoms with van der Waals surface area (Å²) in [5.41, 5.74) is 1.52. The molecule has 0 bridgehead atoms. The van der Waals surface area contributed by atoms with Gasteiger partial charge >= 0.3 is 0 Å². The van der Waals surface area contributed by atoms with Gasteiger partial charge in [0.15, 0.2) is 11.5 Å². The highest BCUT2D eigenvalue weighted by Crippen LogP contribution is 2.28. The van der Waals surface area contributed by atoms with Gasteiger partial charge < -0.3 is 14.8 Å². The van der Waals surface area contributed by atoms with Crippen molar-refractivity contribution in [1.82, 2.24) is 5.32 Å². The second-order valence-electron chi connectivity index (χ2n) is 6.35. The van der Waals surface area contributed by atoms with Crippen LogP contribution in [0.2, 0.25) is 0 Å². The van der Waals surface area contributed by atoms with E-state index >= 15 is 0 Å². The minimum Gasteiger partial charge on any atom is -0.493 e. The van der Waals surface area contributed by atoms with Crippen molar-refractivity contribution < 1.29 is 9.47 Å². The normalized spacial score (nSPS) is 11.4. The number of hydrogen-bond donors (Lipinski definition) is 1. The number of methoxy groups -OCH3 is 1. The van der Waals surface area contributed by atoms with E-state index in [4.69, 9.17) is 9.47 Å². The van der Waals surface area contributed by atoms with Crippen LogP contribution in [0.15, 0.2) is 18.2 Å². The van der Waals surface area contributed by atoms with Gasteiger partial charge in [-0.3, -0.25) is 0 Å². The Morgan fingerprint density at radius 1 is 1.15 bits per heavy atom. The molecule has 0 fully saturated rings. The molecule has 0 radical (unpaired) electrons. The molecule has 0 spiro atoms. The van der Waals surface area contributed by atoms with Crippen LogP contribution < -0.4 is 14.8 Å². The van der Waals surface area contributed by atoms with Crippen molar-refractivity contribution in [3.63, 3.8) is 0 Å². The van der Waals surface area contributed by atoms with Gasteiger partial charge in [0.2, 0.25) is 0 Å². The quantitative estimate of drug-likeness (QED) is 0.729. The molecule has 0 aromatic heterocycles. The smallest absolute Gasteiger partial charge is 0.161 e. The van der Waals surface area contributed by atoms with Gasteiger partial charge in [-0.05, 0) is 29.5 Å². The summed E-state index contributed by atoms with van der Waals surface area (Å²) in [5, 5.41) is 3.47. The number of hydrogen-bond acceptors (Lipinski definition) is 3. The van der Waals surface area contributed by atoms with Gasteiger partial charge in [0.05, 0.1) is 13.7 Å². The molecule has 0 saturated carbocycles. The summed E-state index contributed by atoms with van der Waals surface area (Å²) in [6.07, 6.45) is 2.20. The summed E-state index contributed by atoms with van der Waals surface area (Å²) < 4.78 is 11.1. The molecule has 20 heavy (non-hydrogen) atoms. The highest BCUT2D eigenvalue weighted by molar-refractivity contribution is 5.42. The summed E-state index contributed by atoms with van der Waals surface area (Å²) >= 11 is 0. The molecule has 0 atom stereocenters. The highest BCUT2D eigenvalue weighted by Gasteiger charge is 2.10. The first-order chi connectivity index (χ1) is 9.46. The maximum atomic E-state index is 5.74. The maximum absolute atomic E-state index is 5.74. The minimum absolute atomic E-state index is 0.299. The second kappa shape index (κ2) is 8.15. The van der Waals surface area contributed by atoms with E-state index in [1.807, 2.05) is 6.07 Å². The van der Waals surface area contributed by atoms with Crippen LogP contribution in [0.4, 0.5) is 0 Å². The molecule has 0 aliphatic heterocycles. The van der Waals surface area contributed by atoms with Crippen LogP contribution in [0.25, 0.3) is 0 Å². The molecule has 114 valence electrons. The van der Waals surface area contributed by atoms with Crippen LogP contribution in [0.3, 0.4) is 0 Å². The van der Waals surface area contributed by atoms with Crippen molar-refractivity contribution in [2.24, 2.45) is 5.41 Å². The zero-order valence-electron chi connectivity index (χ0n) is 13.6. The molecule has 0 unspecified atom stereocenters. The van der Waals surface area contributed by atoms with Gasteiger partial charge in [0.1, 0.15) is 0 Å². The zero-order valence-corrected chi connectivity index (χ0v) is 13.6. The van der Waals surface area contributed by atoms with E-state index in [-0.39, 0.29) is 0 Å². The van der Waals surface area contributed by atoms with Crippen LogP contribution in [0, 0.1) is 5.41 Å². The Morgan fingerprint density at radius 2 is 1.90 bits per heavy atom. The van der Waals surface area contributed by atoms with Crippen LogP contribution in [0.5, 0.6) is 11.5 Å². The Balaban J connectivity index is 2.57. The molecule has 3 heteroatoms. The van der Waals surface area contributed by atoms with E-state index < -0.39 is 0 Å². The van der Waals surface area contributed by atoms with E-state index in [0.717, 1.165) is 44.0 Å². The van der Waals surface area contributed by atoms with Crippen molar-refractivity contribution in [2.75, 3.05) is 20.3 Å². The lowest BCUT2D eigenvalue weighted by molar-refractivity contribution is 0.288. The molecule has 0 aliphatic rings. The third kappa shape index (κ3) is 6.29. The fourth-order valence-corrected chi connectivity index (χ4v) is 1.85. The third-order valence-corrected chi connectivity index (χ3v) is 2.97. The van der Waals surface area contributed by atoms with E-state index in [0.29, 0.717) is 5.41 Å². The SMILES string of the molecule is CCCCOc1ccc(CNCC(C)(C)C)cc1OC. The predicted molar refractivity (Wildman–Crippen MR) is 84.6 cm³/mol. The lowest BCUT2D eigenvalue weighted by Gasteiger charge is -2.19. The van der Waals surface area contributed by atoms with Gasteiger partial charge in [-0.15, -0.1) is 0 Å². The summed E-state index contributed by atoms with van der Waals surface area (Å²) in [7, 11) is 1.69. The van der Waals surface area contributed by atoms with E-state index in [2.05, 4.69) is 45.1 Å². The molecule has 1 rings (SSSR count). The summed E-state index contributed by atoms with van der Waals surface area (Å²) in [6, 6.07) is 6.15. The third-order valence-electron chi connectivity index (χ3n) is 2.97. The van der Waals surface area contributed by atoms with Gasteiger partial charge in [-0.25, -0.2) is 0 Å². The summed E-state index contributed by atoms with van der Waals surface area (Å²) in [4.78, 5) is 0. The topological polar surface area (TPSA) is 30.5 Å². The van der Waals surface area contributed by atoms with Crippen molar-refractivity contribution in [2.45, 2.75) is 47.1 Å². The largest absolute Gasteiger partial charge is 0.493 e. The first kappa shape index (κ1) is 16.8. The Kier molecular flexibility index (Phi) is 6.86. The molecule has 0 aliphatic carbocycles. The molecule has 0 amide bonds. The molecule has 3 nitrogen and oxygen atoms in total. The van der Waals surface area contributed by atoms with E-state index in [9.17, 15) is 0 Å². The van der Waals surface area contributed by atoms with E-state index in [1.165, 1.54) is 5.56 Å². The lowest BCUT2D eigenvalue weighted by Crippen LogP contribution is -2.26. The summed E-state index contributed by atoms with van der Waals surface area (Å²) in [6.45, 7) is 11.4. The van der Waals surface area contributed by atoms with Gasteiger partial charge in [0.25, 0.3) is 0 Å². The van der Waals surface area contributed by atoms with Crippen molar-refractivity contribution in [3.8, 4) is 11.5 Å². The van der Waals surface area contributed by atoms with Gasteiger partial charge in [-0.1, -0.05) is 40.2 Å². The summed E-state index contributed by atoms with van der Waals surface area (Å²) in [5.74, 6) is 1.65. The number of benzene rings is 1. The second-order valence-corrected chi connectivity index (χ2v) is 6.35. The first-order valence-electron chi connectivity index (χ1n) is 7.46. The van der Waals surface area contributed by atoms with Crippen molar-refractivity contribution in [3.05, 3.63) is 23.8 Å². The minimum atomic E-state index is 0.299. The first-order valence-corrected chi connectivity index (χ1v) is 7.46. The zero-order chi connectivity index (χ0) is 15.0. The van der Waals surface area contributed by atoms with Crippen LogP contribution in [-0.4, -0.2) is 20.3 Å². The molecule has 0 heterocycles. The number of ether oxygens (including phenoxy) is 2. The molecule has 1 aromatic rings. The monoisotopic (exact) mass is 279 g/mol. The van der Waals surface area contributed by atoms with Crippen molar-refractivity contribution >= 4 is 0 Å². The van der Waals surface area contributed by atoms with Crippen molar-refractivity contribution in [1.29, 1.82) is 0 Å². The Labute approximate surface area is 123 Å². The van der Waals surface area contributed by atoms with E-state index in [1.54, 1.807) is 7.11 Å². The molecular formula is C17H29NO2. The Bertz CT molecular complexity index is 396. The molecule has 0 saturated heterocycles. The molecule has 1 aromatic carbocycles. The van der Waals surface area contributed by atoms with Crippen LogP contribution in [0.1, 0.15) is 46.1 Å². The number of rotatable bonds is 8. The van der Waals surface area contributed by atoms with Crippen LogP contribution in [-0.2, 0) is 6.54 Å². The number of unbranched alkanes of at least 4 members (excludes halogenated alkanes) is 1. The molecule has 1 N–H and O–H groups in total. The standard InChI is InChI=1S/C17H29NO2/c1-6-7-10-20-15-9-8-14(11-16(15)19-5)12-18-13-17(2,3)4/h8-9,11,18H,6-7,10,12-13H2,1-5H3. The fourth-order valence-electron chi connectivity index (χ4n) is 1.85. The van der Waals surface area contributed by atoms with Gasteiger partial charge in [0, 0.05) is 13.1 Å². The number of nitrogens with one attached hydrogen (secondary N) is 1. The average molecular weight is 279 g/mol. The molecular weight excluding hydrogens is 250 g/mol. The predicted octanol–water partition coefficient (Wildman–Crippen LogP) is 4.01. The average Bonchev–Trinajstić information content (AvgIpc) is 2.38.